The van der Waals surface area contributed by atoms with E-state index < -0.39 is 0 Å². The van der Waals surface area contributed by atoms with Crippen LogP contribution in [0.4, 0.5) is 0 Å². The van der Waals surface area contributed by atoms with E-state index in [1.165, 1.54) is 0 Å². The van der Waals surface area contributed by atoms with Crippen LogP contribution >= 0.6 is 31.9 Å². The van der Waals surface area contributed by atoms with Gasteiger partial charge in [-0.3, -0.25) is 0 Å². The number of allylic oxidation sites excluding steroid dienone is 3. The third kappa shape index (κ3) is 2.39. The van der Waals surface area contributed by atoms with Gasteiger partial charge < -0.3 is 0 Å². The van der Waals surface area contributed by atoms with E-state index in [4.69, 9.17) is 0 Å². The Morgan fingerprint density at radius 3 is 2.90 bits per heavy atom. The van der Waals surface area contributed by atoms with E-state index in [0.29, 0.717) is 5.92 Å². The van der Waals surface area contributed by atoms with Crippen molar-refractivity contribution >= 4 is 36.5 Å². The summed E-state index contributed by atoms with van der Waals surface area (Å²) in [6.07, 6.45) is 6.09. The maximum atomic E-state index is 4.15. The molecule has 1 heterocycles. The lowest BCUT2D eigenvalue weighted by Gasteiger charge is -1.92. The minimum Gasteiger partial charge on any atom is -0.234 e. The number of rotatable bonds is 0. The minimum atomic E-state index is 0.452. The molecule has 1 atom stereocenters. The van der Waals surface area contributed by atoms with E-state index in [0.717, 1.165) is 9.23 Å². The van der Waals surface area contributed by atoms with Crippen LogP contribution in [0.25, 0.3) is 0 Å². The fourth-order valence-corrected chi connectivity index (χ4v) is 1.87. The fraction of sp³-hybridized carbons (Fsp3) is 0.286. The van der Waals surface area contributed by atoms with E-state index in [2.05, 4.69) is 49.9 Å². The molecule has 10 heavy (non-hydrogen) atoms. The summed E-state index contributed by atoms with van der Waals surface area (Å²) >= 11 is 6.62. The molecule has 1 rings (SSSR count). The van der Waals surface area contributed by atoms with Crippen molar-refractivity contribution in [3.05, 3.63) is 22.8 Å². The van der Waals surface area contributed by atoms with Crippen molar-refractivity contribution in [1.29, 1.82) is 0 Å². The van der Waals surface area contributed by atoms with Gasteiger partial charge in [-0.05, 0) is 49.9 Å². The molecule has 0 spiro atoms. The largest absolute Gasteiger partial charge is 0.234 e. The Labute approximate surface area is 77.2 Å². The highest BCUT2D eigenvalue weighted by Gasteiger charge is 1.99. The molecule has 0 aromatic carbocycles. The molecule has 0 saturated heterocycles. The molecule has 0 N–H and O–H groups in total. The molecule has 54 valence electrons. The summed E-state index contributed by atoms with van der Waals surface area (Å²) in [7, 11) is 0. The van der Waals surface area contributed by atoms with Crippen molar-refractivity contribution in [2.45, 2.75) is 6.92 Å². The van der Waals surface area contributed by atoms with Crippen LogP contribution in [0.15, 0.2) is 27.8 Å². The molecule has 0 amide bonds. The van der Waals surface area contributed by atoms with Crippen LogP contribution in [0, 0.1) is 5.92 Å². The van der Waals surface area contributed by atoms with E-state index in [9.17, 15) is 0 Å². The maximum absolute atomic E-state index is 4.15. The zero-order valence-electron chi connectivity index (χ0n) is 5.51. The van der Waals surface area contributed by atoms with Crippen molar-refractivity contribution in [3.8, 4) is 0 Å². The minimum absolute atomic E-state index is 0.452. The first-order valence-electron chi connectivity index (χ1n) is 2.98. The SMILES string of the molecule is CC1C=CC(Br)=NC(Br)=C1. The van der Waals surface area contributed by atoms with Gasteiger partial charge in [0, 0.05) is 0 Å². The van der Waals surface area contributed by atoms with Crippen LogP contribution in [0.1, 0.15) is 6.92 Å². The molecule has 1 aliphatic heterocycles. The summed E-state index contributed by atoms with van der Waals surface area (Å²) in [4.78, 5) is 4.15. The fourth-order valence-electron chi connectivity index (χ4n) is 0.680. The van der Waals surface area contributed by atoms with Crippen LogP contribution in [0.5, 0.6) is 0 Å². The number of hydrogen-bond acceptors (Lipinski definition) is 1. The number of halogens is 2. The third-order valence-electron chi connectivity index (χ3n) is 1.15. The van der Waals surface area contributed by atoms with Gasteiger partial charge in [0.05, 0.1) is 0 Å². The normalized spacial score (nSPS) is 25.3. The van der Waals surface area contributed by atoms with E-state index in [1.54, 1.807) is 0 Å². The molecule has 0 aromatic rings. The molecule has 0 saturated carbocycles. The first kappa shape index (κ1) is 8.21. The van der Waals surface area contributed by atoms with Crippen LogP contribution in [-0.2, 0) is 0 Å². The summed E-state index contributed by atoms with van der Waals surface area (Å²) < 4.78 is 1.75. The topological polar surface area (TPSA) is 12.4 Å². The summed E-state index contributed by atoms with van der Waals surface area (Å²) in [6.45, 7) is 2.11. The highest BCUT2D eigenvalue weighted by atomic mass is 79.9. The summed E-state index contributed by atoms with van der Waals surface area (Å²) in [5, 5.41) is 0. The van der Waals surface area contributed by atoms with Gasteiger partial charge in [-0.1, -0.05) is 13.0 Å². The van der Waals surface area contributed by atoms with Gasteiger partial charge >= 0.3 is 0 Å². The molecular weight excluding hydrogens is 258 g/mol. The van der Waals surface area contributed by atoms with E-state index >= 15 is 0 Å². The number of hydrogen-bond donors (Lipinski definition) is 0. The second-order valence-corrected chi connectivity index (χ2v) is 3.77. The Morgan fingerprint density at radius 1 is 1.50 bits per heavy atom. The van der Waals surface area contributed by atoms with Crippen LogP contribution in [0.3, 0.4) is 0 Å². The molecule has 0 aromatic heterocycles. The Hall–Kier alpha value is 0.110. The first-order valence-corrected chi connectivity index (χ1v) is 4.57. The summed E-state index contributed by atoms with van der Waals surface area (Å²) in [5.74, 6) is 0.452. The smallest absolute Gasteiger partial charge is 0.107 e. The average Bonchev–Trinajstić information content (AvgIpc) is 1.93. The van der Waals surface area contributed by atoms with Crippen molar-refractivity contribution in [2.75, 3.05) is 0 Å². The van der Waals surface area contributed by atoms with Gasteiger partial charge in [-0.2, -0.15) is 0 Å². The second-order valence-electron chi connectivity index (χ2n) is 2.14. The molecule has 0 bridgehead atoms. The molecule has 0 radical (unpaired) electrons. The number of aliphatic imine (C=N–C) groups is 1. The Bertz CT molecular complexity index is 216. The molecule has 0 fully saturated rings. The van der Waals surface area contributed by atoms with Gasteiger partial charge in [0.2, 0.25) is 0 Å². The monoisotopic (exact) mass is 263 g/mol. The predicted molar refractivity (Wildman–Crippen MR) is 51.7 cm³/mol. The van der Waals surface area contributed by atoms with E-state index in [-0.39, 0.29) is 0 Å². The van der Waals surface area contributed by atoms with Gasteiger partial charge in [0.25, 0.3) is 0 Å². The van der Waals surface area contributed by atoms with Crippen molar-refractivity contribution < 1.29 is 0 Å². The maximum Gasteiger partial charge on any atom is 0.107 e. The average molecular weight is 265 g/mol. The lowest BCUT2D eigenvalue weighted by Crippen LogP contribution is -1.80. The molecular formula is C7H7Br2N. The molecule has 1 aliphatic rings. The lowest BCUT2D eigenvalue weighted by atomic mass is 10.2. The van der Waals surface area contributed by atoms with Crippen molar-refractivity contribution in [1.82, 2.24) is 0 Å². The second kappa shape index (κ2) is 3.49. The van der Waals surface area contributed by atoms with Crippen LogP contribution in [-0.4, -0.2) is 4.62 Å². The van der Waals surface area contributed by atoms with Gasteiger partial charge in [0.1, 0.15) is 9.23 Å². The summed E-state index contributed by atoms with van der Waals surface area (Å²) in [5.41, 5.74) is 0. The Morgan fingerprint density at radius 2 is 2.20 bits per heavy atom. The highest BCUT2D eigenvalue weighted by Crippen LogP contribution is 2.17. The molecule has 1 nitrogen and oxygen atoms in total. The van der Waals surface area contributed by atoms with Gasteiger partial charge in [-0.25, -0.2) is 4.99 Å². The molecule has 3 heteroatoms. The van der Waals surface area contributed by atoms with Crippen molar-refractivity contribution in [3.63, 3.8) is 0 Å². The quantitative estimate of drug-likeness (QED) is 0.596. The van der Waals surface area contributed by atoms with Crippen molar-refractivity contribution in [2.24, 2.45) is 10.9 Å². The van der Waals surface area contributed by atoms with Gasteiger partial charge in [0.15, 0.2) is 0 Å². The lowest BCUT2D eigenvalue weighted by molar-refractivity contribution is 0.939. The Kier molecular flexibility index (Phi) is 2.86. The van der Waals surface area contributed by atoms with E-state index in [1.807, 2.05) is 12.2 Å². The zero-order valence-corrected chi connectivity index (χ0v) is 8.68. The Balaban J connectivity index is 2.88. The zero-order chi connectivity index (χ0) is 7.56. The first-order chi connectivity index (χ1) is 4.68. The third-order valence-corrected chi connectivity index (χ3v) is 2.03. The van der Waals surface area contributed by atoms with Crippen LogP contribution < -0.4 is 0 Å². The highest BCUT2D eigenvalue weighted by molar-refractivity contribution is 9.18. The standard InChI is InChI=1S/C7H7Br2N/c1-5-2-3-6(8)10-7(9)4-5/h2-5H,1H3. The van der Waals surface area contributed by atoms with Crippen LogP contribution in [0.2, 0.25) is 0 Å². The predicted octanol–water partition coefficient (Wildman–Crippen LogP) is 3.22. The molecule has 1 unspecified atom stereocenters. The van der Waals surface area contributed by atoms with Gasteiger partial charge in [-0.15, -0.1) is 0 Å². The summed E-state index contributed by atoms with van der Waals surface area (Å²) in [6, 6.07) is 0. The number of nitrogens with zero attached hydrogens (tertiary/aromatic N) is 1. The molecule has 0 aliphatic carbocycles.